The van der Waals surface area contributed by atoms with E-state index in [4.69, 9.17) is 5.11 Å². The van der Waals surface area contributed by atoms with E-state index in [0.717, 1.165) is 18.6 Å². The van der Waals surface area contributed by atoms with Crippen LogP contribution in [0.15, 0.2) is 12.2 Å². The number of carboxylic acids is 1. The highest BCUT2D eigenvalue weighted by Crippen LogP contribution is 1.87. The number of carboxylic acid groups (broad SMARTS) is 1. The second kappa shape index (κ2) is 5.35. The van der Waals surface area contributed by atoms with Crippen LogP contribution in [0.1, 0.15) is 20.3 Å². The largest absolute Gasteiger partial charge is 0.478 e. The molecule has 0 unspecified atom stereocenters. The van der Waals surface area contributed by atoms with E-state index in [2.05, 4.69) is 5.32 Å². The van der Waals surface area contributed by atoms with Gasteiger partial charge < -0.3 is 10.4 Å². The first-order valence-corrected chi connectivity index (χ1v) is 3.77. The standard InChI is InChI=1S/C8H13NO3/c1-3-6(2)9-7(10)4-5-8(11)12/h4-6H,3H2,1-2H3,(H,9,10)(H,11,12)/b5-4-/t6-/m1/s1. The van der Waals surface area contributed by atoms with Crippen molar-refractivity contribution in [3.63, 3.8) is 0 Å². The third-order valence-corrected chi connectivity index (χ3v) is 1.38. The Morgan fingerprint density at radius 3 is 2.50 bits per heavy atom. The first-order valence-electron chi connectivity index (χ1n) is 3.77. The summed E-state index contributed by atoms with van der Waals surface area (Å²) in [6.07, 6.45) is 2.65. The van der Waals surface area contributed by atoms with E-state index in [1.807, 2.05) is 13.8 Å². The topological polar surface area (TPSA) is 66.4 Å². The number of carbonyl (C=O) groups is 2. The van der Waals surface area contributed by atoms with E-state index < -0.39 is 5.97 Å². The lowest BCUT2D eigenvalue weighted by Gasteiger charge is -2.07. The average Bonchev–Trinajstić information content (AvgIpc) is 2.00. The van der Waals surface area contributed by atoms with Gasteiger partial charge in [0.05, 0.1) is 0 Å². The molecule has 0 aromatic heterocycles. The van der Waals surface area contributed by atoms with Crippen molar-refractivity contribution in [2.24, 2.45) is 0 Å². The predicted molar refractivity (Wildman–Crippen MR) is 44.7 cm³/mol. The van der Waals surface area contributed by atoms with Crippen molar-refractivity contribution in [2.75, 3.05) is 0 Å². The fourth-order valence-corrected chi connectivity index (χ4v) is 0.540. The smallest absolute Gasteiger partial charge is 0.328 e. The quantitative estimate of drug-likeness (QED) is 0.607. The molecule has 0 aromatic rings. The first kappa shape index (κ1) is 10.7. The van der Waals surface area contributed by atoms with Gasteiger partial charge >= 0.3 is 5.97 Å². The summed E-state index contributed by atoms with van der Waals surface area (Å²) in [5, 5.41) is 10.8. The molecule has 0 heterocycles. The van der Waals surface area contributed by atoms with Gasteiger partial charge in [-0.3, -0.25) is 4.79 Å². The van der Waals surface area contributed by atoms with Crippen LogP contribution in [0.2, 0.25) is 0 Å². The van der Waals surface area contributed by atoms with Gasteiger partial charge in [-0.05, 0) is 13.3 Å². The van der Waals surface area contributed by atoms with Crippen LogP contribution in [0.3, 0.4) is 0 Å². The predicted octanol–water partition coefficient (Wildman–Crippen LogP) is 0.542. The number of nitrogens with one attached hydrogen (secondary N) is 1. The molecule has 68 valence electrons. The second-order valence-electron chi connectivity index (χ2n) is 2.49. The Morgan fingerprint density at radius 1 is 1.50 bits per heavy atom. The normalized spacial score (nSPS) is 12.8. The Bertz CT molecular complexity index is 198. The van der Waals surface area contributed by atoms with Crippen LogP contribution in [0.25, 0.3) is 0 Å². The fourth-order valence-electron chi connectivity index (χ4n) is 0.540. The molecule has 0 spiro atoms. The molecule has 1 amide bonds. The van der Waals surface area contributed by atoms with E-state index >= 15 is 0 Å². The zero-order valence-corrected chi connectivity index (χ0v) is 7.20. The van der Waals surface area contributed by atoms with Crippen molar-refractivity contribution in [1.29, 1.82) is 0 Å². The van der Waals surface area contributed by atoms with Gasteiger partial charge in [0.15, 0.2) is 0 Å². The van der Waals surface area contributed by atoms with Crippen LogP contribution in [-0.2, 0) is 9.59 Å². The van der Waals surface area contributed by atoms with E-state index in [1.54, 1.807) is 0 Å². The van der Waals surface area contributed by atoms with Crippen LogP contribution >= 0.6 is 0 Å². The number of rotatable bonds is 4. The molecule has 2 N–H and O–H groups in total. The highest BCUT2D eigenvalue weighted by molar-refractivity contribution is 5.93. The Labute approximate surface area is 71.3 Å². The summed E-state index contributed by atoms with van der Waals surface area (Å²) >= 11 is 0. The molecule has 0 rings (SSSR count). The third-order valence-electron chi connectivity index (χ3n) is 1.38. The minimum absolute atomic E-state index is 0.0796. The van der Waals surface area contributed by atoms with Gasteiger partial charge in [-0.25, -0.2) is 4.79 Å². The minimum atomic E-state index is -1.12. The van der Waals surface area contributed by atoms with Crippen LogP contribution in [0.4, 0.5) is 0 Å². The molecule has 12 heavy (non-hydrogen) atoms. The van der Waals surface area contributed by atoms with Gasteiger partial charge in [0.2, 0.25) is 5.91 Å². The highest BCUT2D eigenvalue weighted by atomic mass is 16.4. The molecule has 1 atom stereocenters. The molecular formula is C8H13NO3. The monoisotopic (exact) mass is 171 g/mol. The molecule has 0 saturated heterocycles. The second-order valence-corrected chi connectivity index (χ2v) is 2.49. The minimum Gasteiger partial charge on any atom is -0.478 e. The molecule has 4 heteroatoms. The highest BCUT2D eigenvalue weighted by Gasteiger charge is 2.01. The lowest BCUT2D eigenvalue weighted by atomic mass is 10.2. The van der Waals surface area contributed by atoms with Crippen LogP contribution in [0.5, 0.6) is 0 Å². The van der Waals surface area contributed by atoms with Crippen molar-refractivity contribution in [1.82, 2.24) is 5.32 Å². The number of carbonyl (C=O) groups excluding carboxylic acids is 1. The fraction of sp³-hybridized carbons (Fsp3) is 0.500. The molecule has 0 bridgehead atoms. The summed E-state index contributed by atoms with van der Waals surface area (Å²) in [7, 11) is 0. The summed E-state index contributed by atoms with van der Waals surface area (Å²) in [5.41, 5.74) is 0. The summed E-state index contributed by atoms with van der Waals surface area (Å²) in [5.74, 6) is -1.49. The van der Waals surface area contributed by atoms with Gasteiger partial charge in [0.1, 0.15) is 0 Å². The number of amides is 1. The van der Waals surface area contributed by atoms with Crippen LogP contribution < -0.4 is 5.32 Å². The van der Waals surface area contributed by atoms with Crippen molar-refractivity contribution in [2.45, 2.75) is 26.3 Å². The van der Waals surface area contributed by atoms with E-state index in [9.17, 15) is 9.59 Å². The Balaban J connectivity index is 3.81. The summed E-state index contributed by atoms with van der Waals surface area (Å²) in [6.45, 7) is 3.79. The molecule has 0 fully saturated rings. The van der Waals surface area contributed by atoms with E-state index in [0.29, 0.717) is 0 Å². The molecule has 4 nitrogen and oxygen atoms in total. The Morgan fingerprint density at radius 2 is 2.08 bits per heavy atom. The molecule has 0 aliphatic heterocycles. The van der Waals surface area contributed by atoms with Crippen molar-refractivity contribution in [3.8, 4) is 0 Å². The Kier molecular flexibility index (Phi) is 4.76. The van der Waals surface area contributed by atoms with E-state index in [-0.39, 0.29) is 11.9 Å². The third kappa shape index (κ3) is 5.46. The molecule has 0 radical (unpaired) electrons. The van der Waals surface area contributed by atoms with Crippen molar-refractivity contribution < 1.29 is 14.7 Å². The van der Waals surface area contributed by atoms with E-state index in [1.165, 1.54) is 0 Å². The maximum Gasteiger partial charge on any atom is 0.328 e. The lowest BCUT2D eigenvalue weighted by molar-refractivity contribution is -0.131. The lowest BCUT2D eigenvalue weighted by Crippen LogP contribution is -2.30. The summed E-state index contributed by atoms with van der Waals surface area (Å²) < 4.78 is 0. The number of hydrogen-bond acceptors (Lipinski definition) is 2. The molecule has 0 saturated carbocycles. The zero-order valence-electron chi connectivity index (χ0n) is 7.20. The van der Waals surface area contributed by atoms with Gasteiger partial charge in [0.25, 0.3) is 0 Å². The SMILES string of the molecule is CC[C@@H](C)NC(=O)/C=C\C(=O)O. The van der Waals surface area contributed by atoms with Gasteiger partial charge in [0, 0.05) is 18.2 Å². The summed E-state index contributed by atoms with van der Waals surface area (Å²) in [4.78, 5) is 20.8. The summed E-state index contributed by atoms with van der Waals surface area (Å²) in [6, 6.07) is 0.0796. The molecular weight excluding hydrogens is 158 g/mol. The molecule has 0 aliphatic rings. The van der Waals surface area contributed by atoms with Crippen LogP contribution in [-0.4, -0.2) is 23.0 Å². The molecule has 0 aromatic carbocycles. The first-order chi connectivity index (χ1) is 5.56. The maximum absolute atomic E-state index is 10.9. The Hall–Kier alpha value is -1.32. The van der Waals surface area contributed by atoms with Gasteiger partial charge in [-0.15, -0.1) is 0 Å². The average molecular weight is 171 g/mol. The number of aliphatic carboxylic acids is 1. The van der Waals surface area contributed by atoms with Crippen molar-refractivity contribution in [3.05, 3.63) is 12.2 Å². The van der Waals surface area contributed by atoms with Gasteiger partial charge in [-0.2, -0.15) is 0 Å². The van der Waals surface area contributed by atoms with Crippen molar-refractivity contribution >= 4 is 11.9 Å². The maximum atomic E-state index is 10.9. The van der Waals surface area contributed by atoms with Gasteiger partial charge in [-0.1, -0.05) is 6.92 Å². The van der Waals surface area contributed by atoms with Crippen LogP contribution in [0, 0.1) is 0 Å². The molecule has 0 aliphatic carbocycles. The number of hydrogen-bond donors (Lipinski definition) is 2. The zero-order chi connectivity index (χ0) is 9.56.